The summed E-state index contributed by atoms with van der Waals surface area (Å²) >= 11 is 0. The van der Waals surface area contributed by atoms with Gasteiger partial charge in [-0.1, -0.05) is 6.92 Å². The van der Waals surface area contributed by atoms with E-state index in [1.165, 1.54) is 24.3 Å². The topological polar surface area (TPSA) is 92.6 Å². The van der Waals surface area contributed by atoms with Gasteiger partial charge >= 0.3 is 0 Å². The van der Waals surface area contributed by atoms with Gasteiger partial charge in [-0.05, 0) is 38.1 Å². The summed E-state index contributed by atoms with van der Waals surface area (Å²) in [6.45, 7) is 4.33. The first-order valence-electron chi connectivity index (χ1n) is 6.92. The fourth-order valence-electron chi connectivity index (χ4n) is 2.58. The van der Waals surface area contributed by atoms with Crippen molar-refractivity contribution in [2.24, 2.45) is 0 Å². The molecule has 1 unspecified atom stereocenters. The van der Waals surface area contributed by atoms with Gasteiger partial charge in [0.15, 0.2) is 0 Å². The molecule has 0 aromatic heterocycles. The Labute approximate surface area is 124 Å². The number of hydrogen-bond donors (Lipinski definition) is 1. The minimum atomic E-state index is -3.62. The number of likely N-dealkylation sites (tertiary alicyclic amines) is 1. The molecule has 1 N–H and O–H groups in total. The van der Waals surface area contributed by atoms with Gasteiger partial charge in [0.2, 0.25) is 10.0 Å². The third kappa shape index (κ3) is 3.78. The molecule has 1 aliphatic rings. The SMILES string of the molecule is CCN1CCCC1CNS(=O)(=O)c1ccc([N+](=O)[O-])cc1. The van der Waals surface area contributed by atoms with Crippen LogP contribution in [0.5, 0.6) is 0 Å². The molecule has 1 heterocycles. The van der Waals surface area contributed by atoms with E-state index in [1.54, 1.807) is 0 Å². The Morgan fingerprint density at radius 1 is 1.38 bits per heavy atom. The maximum Gasteiger partial charge on any atom is 0.269 e. The predicted octanol–water partition coefficient (Wildman–Crippen LogP) is 1.36. The lowest BCUT2D eigenvalue weighted by molar-refractivity contribution is -0.384. The van der Waals surface area contributed by atoms with Crippen LogP contribution in [0.25, 0.3) is 0 Å². The van der Waals surface area contributed by atoms with E-state index in [0.717, 1.165) is 25.9 Å². The van der Waals surface area contributed by atoms with Crippen molar-refractivity contribution in [2.75, 3.05) is 19.6 Å². The van der Waals surface area contributed by atoms with Crippen LogP contribution in [0.15, 0.2) is 29.2 Å². The van der Waals surface area contributed by atoms with Crippen molar-refractivity contribution in [3.63, 3.8) is 0 Å². The lowest BCUT2D eigenvalue weighted by Crippen LogP contribution is -2.39. The highest BCUT2D eigenvalue weighted by molar-refractivity contribution is 7.89. The Morgan fingerprint density at radius 3 is 2.62 bits per heavy atom. The quantitative estimate of drug-likeness (QED) is 0.632. The first-order valence-corrected chi connectivity index (χ1v) is 8.40. The molecule has 1 aliphatic heterocycles. The van der Waals surface area contributed by atoms with Gasteiger partial charge in [-0.2, -0.15) is 0 Å². The number of nitrogens with zero attached hydrogens (tertiary/aromatic N) is 2. The molecule has 0 amide bonds. The second-order valence-corrected chi connectivity index (χ2v) is 6.79. The Hall–Kier alpha value is -1.51. The molecule has 7 nitrogen and oxygen atoms in total. The van der Waals surface area contributed by atoms with Crippen LogP contribution in [-0.2, 0) is 10.0 Å². The predicted molar refractivity (Wildman–Crippen MR) is 78.6 cm³/mol. The maximum absolute atomic E-state index is 12.2. The summed E-state index contributed by atoms with van der Waals surface area (Å²) in [5, 5.41) is 10.6. The summed E-state index contributed by atoms with van der Waals surface area (Å²) in [5.41, 5.74) is -0.123. The minimum absolute atomic E-state index is 0.0501. The van der Waals surface area contributed by atoms with Crippen LogP contribution >= 0.6 is 0 Å². The molecule has 0 spiro atoms. The fourth-order valence-corrected chi connectivity index (χ4v) is 3.65. The number of benzene rings is 1. The van der Waals surface area contributed by atoms with E-state index < -0.39 is 14.9 Å². The third-order valence-corrected chi connectivity index (χ3v) is 5.21. The molecule has 0 radical (unpaired) electrons. The van der Waals surface area contributed by atoms with E-state index in [2.05, 4.69) is 16.5 Å². The fraction of sp³-hybridized carbons (Fsp3) is 0.538. The van der Waals surface area contributed by atoms with E-state index in [0.29, 0.717) is 6.54 Å². The van der Waals surface area contributed by atoms with Gasteiger partial charge < -0.3 is 0 Å². The molecule has 0 aliphatic carbocycles. The lowest BCUT2D eigenvalue weighted by Gasteiger charge is -2.22. The Bertz CT molecular complexity index is 600. The Kier molecular flexibility index (Phi) is 4.92. The molecule has 0 bridgehead atoms. The molecule has 1 atom stereocenters. The first-order chi connectivity index (χ1) is 9.94. The molecule has 1 aromatic carbocycles. The van der Waals surface area contributed by atoms with E-state index in [-0.39, 0.29) is 16.6 Å². The second kappa shape index (κ2) is 6.50. The minimum Gasteiger partial charge on any atom is -0.299 e. The normalized spacial score (nSPS) is 19.8. The number of non-ortho nitro benzene ring substituents is 1. The molecular weight excluding hydrogens is 294 g/mol. The van der Waals surface area contributed by atoms with Crippen LogP contribution in [0.3, 0.4) is 0 Å². The maximum atomic E-state index is 12.2. The lowest BCUT2D eigenvalue weighted by atomic mass is 10.2. The molecule has 1 fully saturated rings. The van der Waals surface area contributed by atoms with Crippen molar-refractivity contribution in [3.8, 4) is 0 Å². The summed E-state index contributed by atoms with van der Waals surface area (Å²) in [5.74, 6) is 0. The monoisotopic (exact) mass is 313 g/mol. The van der Waals surface area contributed by atoms with E-state index in [4.69, 9.17) is 0 Å². The zero-order valence-electron chi connectivity index (χ0n) is 11.9. The van der Waals surface area contributed by atoms with Crippen molar-refractivity contribution in [1.29, 1.82) is 0 Å². The highest BCUT2D eigenvalue weighted by Crippen LogP contribution is 2.18. The highest BCUT2D eigenvalue weighted by Gasteiger charge is 2.25. The highest BCUT2D eigenvalue weighted by atomic mass is 32.2. The molecule has 2 rings (SSSR count). The number of nitro benzene ring substituents is 1. The third-order valence-electron chi connectivity index (χ3n) is 3.77. The van der Waals surface area contributed by atoms with E-state index >= 15 is 0 Å². The van der Waals surface area contributed by atoms with Crippen LogP contribution in [0.4, 0.5) is 5.69 Å². The number of rotatable bonds is 6. The largest absolute Gasteiger partial charge is 0.299 e. The standard InChI is InChI=1S/C13H19N3O4S/c1-2-15-9-3-4-12(15)10-14-21(19,20)13-7-5-11(6-8-13)16(17)18/h5-8,12,14H,2-4,9-10H2,1H3. The van der Waals surface area contributed by atoms with Crippen molar-refractivity contribution < 1.29 is 13.3 Å². The number of likely N-dealkylation sites (N-methyl/N-ethyl adjacent to an activating group) is 1. The molecule has 0 saturated carbocycles. The summed E-state index contributed by atoms with van der Waals surface area (Å²) in [6.07, 6.45) is 2.06. The van der Waals surface area contributed by atoms with Gasteiger partial charge in [0.05, 0.1) is 9.82 Å². The van der Waals surface area contributed by atoms with Crippen LogP contribution in [0, 0.1) is 10.1 Å². The van der Waals surface area contributed by atoms with Gasteiger partial charge in [-0.3, -0.25) is 15.0 Å². The Balaban J connectivity index is 2.02. The molecule has 116 valence electrons. The average Bonchev–Trinajstić information content (AvgIpc) is 2.93. The number of nitrogens with one attached hydrogen (secondary N) is 1. The van der Waals surface area contributed by atoms with Crippen LogP contribution in [-0.4, -0.2) is 43.9 Å². The van der Waals surface area contributed by atoms with Gasteiger partial charge in [0, 0.05) is 24.7 Å². The summed E-state index contributed by atoms with van der Waals surface area (Å²) in [6, 6.07) is 5.13. The summed E-state index contributed by atoms with van der Waals surface area (Å²) in [4.78, 5) is 12.3. The van der Waals surface area contributed by atoms with Crippen molar-refractivity contribution in [1.82, 2.24) is 9.62 Å². The second-order valence-electron chi connectivity index (χ2n) is 5.03. The zero-order valence-corrected chi connectivity index (χ0v) is 12.7. The van der Waals surface area contributed by atoms with Crippen molar-refractivity contribution in [2.45, 2.75) is 30.7 Å². The number of hydrogen-bond acceptors (Lipinski definition) is 5. The first kappa shape index (κ1) is 15.9. The van der Waals surface area contributed by atoms with Gasteiger partial charge in [-0.25, -0.2) is 13.1 Å². The van der Waals surface area contributed by atoms with Crippen LogP contribution in [0.1, 0.15) is 19.8 Å². The summed E-state index contributed by atoms with van der Waals surface area (Å²) < 4.78 is 26.9. The Morgan fingerprint density at radius 2 is 2.05 bits per heavy atom. The molecule has 1 saturated heterocycles. The van der Waals surface area contributed by atoms with E-state index in [9.17, 15) is 18.5 Å². The molecule has 1 aromatic rings. The smallest absolute Gasteiger partial charge is 0.269 e. The van der Waals surface area contributed by atoms with Gasteiger partial charge in [-0.15, -0.1) is 0 Å². The number of nitro groups is 1. The molecule has 21 heavy (non-hydrogen) atoms. The average molecular weight is 313 g/mol. The van der Waals surface area contributed by atoms with Crippen LogP contribution < -0.4 is 4.72 Å². The van der Waals surface area contributed by atoms with Crippen molar-refractivity contribution >= 4 is 15.7 Å². The van der Waals surface area contributed by atoms with Gasteiger partial charge in [0.1, 0.15) is 0 Å². The van der Waals surface area contributed by atoms with Gasteiger partial charge in [0.25, 0.3) is 5.69 Å². The van der Waals surface area contributed by atoms with Crippen LogP contribution in [0.2, 0.25) is 0 Å². The summed E-state index contributed by atoms with van der Waals surface area (Å²) in [7, 11) is -3.62. The van der Waals surface area contributed by atoms with E-state index in [1.807, 2.05) is 0 Å². The zero-order chi connectivity index (χ0) is 15.5. The van der Waals surface area contributed by atoms with Crippen molar-refractivity contribution in [3.05, 3.63) is 34.4 Å². The molecular formula is C13H19N3O4S. The molecule has 8 heteroatoms. The number of sulfonamides is 1.